The van der Waals surface area contributed by atoms with Gasteiger partial charge in [-0.1, -0.05) is 11.8 Å². The molecule has 0 amide bonds. The van der Waals surface area contributed by atoms with Gasteiger partial charge in [0.25, 0.3) is 0 Å². The van der Waals surface area contributed by atoms with Crippen LogP contribution in [-0.2, 0) is 0 Å². The molecule has 2 heterocycles. The molecule has 0 saturated heterocycles. The first-order chi connectivity index (χ1) is 6.24. The second-order valence-corrected chi connectivity index (χ2v) is 6.64. The molecular formula is C10H10S3. The number of aryl methyl sites for hydroxylation is 2. The van der Waals surface area contributed by atoms with Crippen molar-refractivity contribution in [3.63, 3.8) is 0 Å². The van der Waals surface area contributed by atoms with Crippen molar-refractivity contribution in [1.29, 1.82) is 0 Å². The Balaban J connectivity index is 2.14. The lowest BCUT2D eigenvalue weighted by Crippen LogP contribution is -1.59. The third-order valence-electron chi connectivity index (χ3n) is 1.64. The molecule has 0 N–H and O–H groups in total. The fourth-order valence-corrected chi connectivity index (χ4v) is 4.08. The molecule has 68 valence electrons. The summed E-state index contributed by atoms with van der Waals surface area (Å²) < 4.78 is 1.38. The van der Waals surface area contributed by atoms with Gasteiger partial charge >= 0.3 is 0 Å². The van der Waals surface area contributed by atoms with Crippen molar-refractivity contribution in [2.75, 3.05) is 0 Å². The van der Waals surface area contributed by atoms with Gasteiger partial charge in [0.05, 0.1) is 4.21 Å². The van der Waals surface area contributed by atoms with Crippen LogP contribution in [0.4, 0.5) is 0 Å². The molecule has 0 radical (unpaired) electrons. The van der Waals surface area contributed by atoms with E-state index in [1.165, 1.54) is 18.9 Å². The number of rotatable bonds is 2. The van der Waals surface area contributed by atoms with Crippen LogP contribution in [0.3, 0.4) is 0 Å². The molecule has 0 fully saturated rings. The van der Waals surface area contributed by atoms with E-state index in [0.717, 1.165) is 0 Å². The minimum atomic E-state index is 1.37. The maximum atomic E-state index is 2.24. The van der Waals surface area contributed by atoms with Gasteiger partial charge in [0.1, 0.15) is 0 Å². The van der Waals surface area contributed by atoms with Crippen LogP contribution in [0.2, 0.25) is 0 Å². The Hall–Kier alpha value is -0.250. The number of hydrogen-bond acceptors (Lipinski definition) is 3. The minimum absolute atomic E-state index is 1.37. The summed E-state index contributed by atoms with van der Waals surface area (Å²) >= 11 is 5.53. The molecule has 0 aromatic carbocycles. The molecule has 0 atom stereocenters. The van der Waals surface area contributed by atoms with E-state index in [-0.39, 0.29) is 0 Å². The number of thiophene rings is 2. The van der Waals surface area contributed by atoms with Crippen LogP contribution in [0.5, 0.6) is 0 Å². The average Bonchev–Trinajstić information content (AvgIpc) is 2.62. The van der Waals surface area contributed by atoms with Crippen LogP contribution >= 0.6 is 34.4 Å². The first-order valence-electron chi connectivity index (χ1n) is 4.03. The first-order valence-corrected chi connectivity index (χ1v) is 6.55. The van der Waals surface area contributed by atoms with E-state index in [1.54, 1.807) is 0 Å². The summed E-state index contributed by atoms with van der Waals surface area (Å²) in [5.41, 5.74) is 0. The molecule has 3 heteroatoms. The Bertz CT molecular complexity index is 359. The van der Waals surface area contributed by atoms with Crippen molar-refractivity contribution in [2.45, 2.75) is 23.0 Å². The van der Waals surface area contributed by atoms with Crippen LogP contribution in [0.15, 0.2) is 32.7 Å². The van der Waals surface area contributed by atoms with Crippen LogP contribution in [0.25, 0.3) is 0 Å². The molecule has 13 heavy (non-hydrogen) atoms. The van der Waals surface area contributed by atoms with Gasteiger partial charge in [0.2, 0.25) is 0 Å². The Morgan fingerprint density at radius 3 is 2.54 bits per heavy atom. The van der Waals surface area contributed by atoms with Crippen LogP contribution in [-0.4, -0.2) is 0 Å². The topological polar surface area (TPSA) is 0 Å². The molecule has 0 aliphatic carbocycles. The predicted molar refractivity (Wildman–Crippen MR) is 62.2 cm³/mol. The molecule has 2 aromatic rings. The molecule has 0 unspecified atom stereocenters. The number of hydrogen-bond donors (Lipinski definition) is 0. The molecule has 2 rings (SSSR count). The third-order valence-corrected chi connectivity index (χ3v) is 4.76. The van der Waals surface area contributed by atoms with E-state index in [1.807, 2.05) is 34.4 Å². The highest BCUT2D eigenvalue weighted by molar-refractivity contribution is 8.01. The summed E-state index contributed by atoms with van der Waals surface area (Å²) in [7, 11) is 0. The Kier molecular flexibility index (Phi) is 2.77. The average molecular weight is 226 g/mol. The molecular weight excluding hydrogens is 216 g/mol. The SMILES string of the molecule is Cc1cc(Sc2ccc(C)s2)cs1. The molecule has 0 bridgehead atoms. The summed E-state index contributed by atoms with van der Waals surface area (Å²) in [5.74, 6) is 0. The largest absolute Gasteiger partial charge is 0.148 e. The monoisotopic (exact) mass is 226 g/mol. The fourth-order valence-electron chi connectivity index (χ4n) is 1.06. The van der Waals surface area contributed by atoms with Crippen molar-refractivity contribution < 1.29 is 0 Å². The third kappa shape index (κ3) is 2.36. The zero-order valence-electron chi connectivity index (χ0n) is 7.53. The van der Waals surface area contributed by atoms with Crippen LogP contribution in [0, 0.1) is 13.8 Å². The lowest BCUT2D eigenvalue weighted by molar-refractivity contribution is 1.50. The standard InChI is InChI=1S/C10H10S3/c1-7-3-4-10(12-7)13-9-5-8(2)11-6-9/h3-6H,1-2H3. The summed E-state index contributed by atoms with van der Waals surface area (Å²) in [6.07, 6.45) is 0. The lowest BCUT2D eigenvalue weighted by Gasteiger charge is -1.90. The predicted octanol–water partition coefficient (Wildman–Crippen LogP) is 4.58. The van der Waals surface area contributed by atoms with Crippen molar-refractivity contribution in [1.82, 2.24) is 0 Å². The van der Waals surface area contributed by atoms with Crippen molar-refractivity contribution >= 4 is 34.4 Å². The van der Waals surface area contributed by atoms with Crippen molar-refractivity contribution in [3.8, 4) is 0 Å². The van der Waals surface area contributed by atoms with E-state index in [4.69, 9.17) is 0 Å². The van der Waals surface area contributed by atoms with Crippen molar-refractivity contribution in [3.05, 3.63) is 33.3 Å². The van der Waals surface area contributed by atoms with Gasteiger partial charge in [-0.2, -0.15) is 0 Å². The van der Waals surface area contributed by atoms with Gasteiger partial charge in [0, 0.05) is 20.0 Å². The molecule has 2 aromatic heterocycles. The highest BCUT2D eigenvalue weighted by Crippen LogP contribution is 2.35. The van der Waals surface area contributed by atoms with Crippen molar-refractivity contribution in [2.24, 2.45) is 0 Å². The molecule has 0 aliphatic heterocycles. The zero-order valence-corrected chi connectivity index (χ0v) is 9.98. The Morgan fingerprint density at radius 2 is 2.00 bits per heavy atom. The highest BCUT2D eigenvalue weighted by Gasteiger charge is 2.01. The smallest absolute Gasteiger partial charge is 0.0649 e. The van der Waals surface area contributed by atoms with Crippen LogP contribution < -0.4 is 0 Å². The van der Waals surface area contributed by atoms with E-state index in [9.17, 15) is 0 Å². The maximum absolute atomic E-state index is 2.24. The van der Waals surface area contributed by atoms with Gasteiger partial charge in [-0.3, -0.25) is 0 Å². The van der Waals surface area contributed by atoms with Gasteiger partial charge < -0.3 is 0 Å². The quantitative estimate of drug-likeness (QED) is 0.722. The van der Waals surface area contributed by atoms with Gasteiger partial charge in [0.15, 0.2) is 0 Å². The maximum Gasteiger partial charge on any atom is 0.0649 e. The Labute approximate surface area is 90.6 Å². The first kappa shape index (κ1) is 9.31. The van der Waals surface area contributed by atoms with E-state index >= 15 is 0 Å². The Morgan fingerprint density at radius 1 is 1.15 bits per heavy atom. The molecule has 0 nitrogen and oxygen atoms in total. The second-order valence-electron chi connectivity index (χ2n) is 2.86. The molecule has 0 aliphatic rings. The van der Waals surface area contributed by atoms with Gasteiger partial charge in [-0.25, -0.2) is 0 Å². The van der Waals surface area contributed by atoms with E-state index < -0.39 is 0 Å². The second kappa shape index (κ2) is 3.86. The van der Waals surface area contributed by atoms with Gasteiger partial charge in [-0.15, -0.1) is 22.7 Å². The summed E-state index contributed by atoms with van der Waals surface area (Å²) in [6, 6.07) is 6.61. The van der Waals surface area contributed by atoms with E-state index in [2.05, 4.69) is 37.4 Å². The minimum Gasteiger partial charge on any atom is -0.148 e. The highest BCUT2D eigenvalue weighted by atomic mass is 32.2. The van der Waals surface area contributed by atoms with E-state index in [0.29, 0.717) is 0 Å². The van der Waals surface area contributed by atoms with Crippen LogP contribution in [0.1, 0.15) is 9.75 Å². The molecule has 0 spiro atoms. The summed E-state index contributed by atoms with van der Waals surface area (Å²) in [5, 5.41) is 2.22. The lowest BCUT2D eigenvalue weighted by atomic mass is 10.5. The summed E-state index contributed by atoms with van der Waals surface area (Å²) in [4.78, 5) is 4.13. The summed E-state index contributed by atoms with van der Waals surface area (Å²) in [6.45, 7) is 4.29. The zero-order chi connectivity index (χ0) is 9.26. The van der Waals surface area contributed by atoms with Gasteiger partial charge in [-0.05, 0) is 32.0 Å². The molecule has 0 saturated carbocycles. The fraction of sp³-hybridized carbons (Fsp3) is 0.200. The normalized spacial score (nSPS) is 10.6.